The van der Waals surface area contributed by atoms with Gasteiger partial charge in [0.1, 0.15) is 17.3 Å². The molecule has 0 unspecified atom stereocenters. The maximum atomic E-state index is 13.6. The molecule has 0 saturated heterocycles. The Labute approximate surface area is 119 Å². The van der Waals surface area contributed by atoms with E-state index in [1.165, 1.54) is 13.2 Å². The minimum Gasteiger partial charge on any atom is -0.507 e. The van der Waals surface area contributed by atoms with Gasteiger partial charge in [-0.1, -0.05) is 11.6 Å². The molecule has 106 valence electrons. The number of phenolic OH excluding ortho intramolecular Hbond substituents is 1. The summed E-state index contributed by atoms with van der Waals surface area (Å²) in [7, 11) is 1.49. The van der Waals surface area contributed by atoms with Crippen LogP contribution in [0.15, 0.2) is 30.3 Å². The molecule has 6 heteroatoms. The van der Waals surface area contributed by atoms with Crippen molar-refractivity contribution < 1.29 is 18.6 Å². The lowest BCUT2D eigenvalue weighted by molar-refractivity contribution is 0.406. The lowest BCUT2D eigenvalue weighted by atomic mass is 10.2. The number of benzene rings is 2. The number of rotatable bonds is 4. The number of hydrogen-bond donors (Lipinski definition) is 2. The van der Waals surface area contributed by atoms with Crippen molar-refractivity contribution in [1.29, 1.82) is 0 Å². The maximum Gasteiger partial charge on any atom is 0.150 e. The second-order valence-electron chi connectivity index (χ2n) is 4.09. The van der Waals surface area contributed by atoms with E-state index in [0.717, 1.165) is 12.1 Å². The maximum absolute atomic E-state index is 13.6. The van der Waals surface area contributed by atoms with Crippen molar-refractivity contribution in [3.05, 3.63) is 52.6 Å². The van der Waals surface area contributed by atoms with E-state index < -0.39 is 11.6 Å². The third-order valence-electron chi connectivity index (χ3n) is 2.75. The summed E-state index contributed by atoms with van der Waals surface area (Å²) in [4.78, 5) is 0. The Morgan fingerprint density at radius 3 is 2.60 bits per heavy atom. The van der Waals surface area contributed by atoms with Gasteiger partial charge in [0, 0.05) is 24.2 Å². The molecule has 0 fully saturated rings. The van der Waals surface area contributed by atoms with E-state index >= 15 is 0 Å². The van der Waals surface area contributed by atoms with Gasteiger partial charge in [-0.15, -0.1) is 0 Å². The van der Waals surface area contributed by atoms with Crippen LogP contribution < -0.4 is 10.1 Å². The first-order valence-corrected chi connectivity index (χ1v) is 6.13. The second kappa shape index (κ2) is 5.96. The van der Waals surface area contributed by atoms with E-state index in [0.29, 0.717) is 11.3 Å². The predicted octanol–water partition coefficient (Wildman–Crippen LogP) is 3.94. The monoisotopic (exact) mass is 299 g/mol. The zero-order valence-electron chi connectivity index (χ0n) is 10.6. The molecule has 0 spiro atoms. The number of anilines is 1. The molecule has 0 aliphatic carbocycles. The molecule has 2 aromatic rings. The summed E-state index contributed by atoms with van der Waals surface area (Å²) in [5.41, 5.74) is 0.522. The second-order valence-corrected chi connectivity index (χ2v) is 4.50. The van der Waals surface area contributed by atoms with Crippen molar-refractivity contribution in [3.63, 3.8) is 0 Å². The van der Waals surface area contributed by atoms with Crippen molar-refractivity contribution in [2.45, 2.75) is 6.54 Å². The molecule has 0 atom stereocenters. The van der Waals surface area contributed by atoms with Crippen LogP contribution >= 0.6 is 11.6 Å². The van der Waals surface area contributed by atoms with Crippen LogP contribution in [-0.4, -0.2) is 12.2 Å². The van der Waals surface area contributed by atoms with E-state index in [2.05, 4.69) is 5.32 Å². The molecule has 20 heavy (non-hydrogen) atoms. The minimum atomic E-state index is -0.789. The number of phenols is 1. The van der Waals surface area contributed by atoms with E-state index in [1.54, 1.807) is 12.1 Å². The highest BCUT2D eigenvalue weighted by atomic mass is 35.5. The van der Waals surface area contributed by atoms with Crippen LogP contribution in [0.2, 0.25) is 5.02 Å². The summed E-state index contributed by atoms with van der Waals surface area (Å²) in [6.07, 6.45) is 0. The van der Waals surface area contributed by atoms with Gasteiger partial charge >= 0.3 is 0 Å². The van der Waals surface area contributed by atoms with Crippen LogP contribution in [0.3, 0.4) is 0 Å². The molecule has 2 rings (SSSR count). The summed E-state index contributed by atoms with van der Waals surface area (Å²) in [5.74, 6) is -1.01. The first-order valence-electron chi connectivity index (χ1n) is 5.75. The molecular weight excluding hydrogens is 288 g/mol. The third-order valence-corrected chi connectivity index (χ3v) is 3.05. The quantitative estimate of drug-likeness (QED) is 0.898. The van der Waals surface area contributed by atoms with Gasteiger partial charge in [-0.05, 0) is 18.2 Å². The van der Waals surface area contributed by atoms with E-state index in [1.807, 2.05) is 0 Å². The van der Waals surface area contributed by atoms with Crippen LogP contribution in [0.1, 0.15) is 5.56 Å². The number of methoxy groups -OCH3 is 1. The summed E-state index contributed by atoms with van der Waals surface area (Å²) >= 11 is 5.76. The van der Waals surface area contributed by atoms with Crippen molar-refractivity contribution in [3.8, 4) is 11.5 Å². The Bertz CT molecular complexity index is 612. The lowest BCUT2D eigenvalue weighted by Gasteiger charge is -2.11. The molecule has 0 aliphatic heterocycles. The number of ether oxygens (including phenoxy) is 1. The normalized spacial score (nSPS) is 10.4. The van der Waals surface area contributed by atoms with Crippen molar-refractivity contribution in [1.82, 2.24) is 0 Å². The van der Waals surface area contributed by atoms with Crippen LogP contribution in [0.4, 0.5) is 14.5 Å². The van der Waals surface area contributed by atoms with Crippen LogP contribution in [0.5, 0.6) is 11.5 Å². The standard InChI is InChI=1S/C14H12ClF2NO2/c1-20-10-3-2-8(13(19)6-10)7-18-14-11(15)4-9(16)5-12(14)17/h2-6,18-19H,7H2,1H3. The fourth-order valence-corrected chi connectivity index (χ4v) is 1.98. The number of aromatic hydroxyl groups is 1. The van der Waals surface area contributed by atoms with Crippen molar-refractivity contribution in [2.24, 2.45) is 0 Å². The van der Waals surface area contributed by atoms with E-state index in [-0.39, 0.29) is 23.0 Å². The van der Waals surface area contributed by atoms with Gasteiger partial charge in [0.05, 0.1) is 17.8 Å². The van der Waals surface area contributed by atoms with E-state index in [9.17, 15) is 13.9 Å². The average Bonchev–Trinajstić information content (AvgIpc) is 2.39. The highest BCUT2D eigenvalue weighted by Gasteiger charge is 2.11. The van der Waals surface area contributed by atoms with Crippen LogP contribution in [-0.2, 0) is 6.54 Å². The van der Waals surface area contributed by atoms with Crippen LogP contribution in [0, 0.1) is 11.6 Å². The Morgan fingerprint density at radius 2 is 2.00 bits per heavy atom. The van der Waals surface area contributed by atoms with Crippen molar-refractivity contribution in [2.75, 3.05) is 12.4 Å². The molecule has 2 N–H and O–H groups in total. The molecule has 0 aromatic heterocycles. The zero-order chi connectivity index (χ0) is 14.7. The molecule has 0 aliphatic rings. The summed E-state index contributed by atoms with van der Waals surface area (Å²) in [6, 6.07) is 6.50. The Hall–Kier alpha value is -2.01. The predicted molar refractivity (Wildman–Crippen MR) is 73.4 cm³/mol. The fraction of sp³-hybridized carbons (Fsp3) is 0.143. The average molecular weight is 300 g/mol. The molecule has 3 nitrogen and oxygen atoms in total. The zero-order valence-corrected chi connectivity index (χ0v) is 11.3. The Kier molecular flexibility index (Phi) is 4.29. The van der Waals surface area contributed by atoms with Gasteiger partial charge in [-0.25, -0.2) is 8.78 Å². The molecule has 0 heterocycles. The van der Waals surface area contributed by atoms with Gasteiger partial charge < -0.3 is 15.2 Å². The highest BCUT2D eigenvalue weighted by Crippen LogP contribution is 2.29. The smallest absolute Gasteiger partial charge is 0.150 e. The SMILES string of the molecule is COc1ccc(CNc2c(F)cc(F)cc2Cl)c(O)c1. The topological polar surface area (TPSA) is 41.5 Å². The van der Waals surface area contributed by atoms with Gasteiger partial charge in [0.15, 0.2) is 5.82 Å². The number of hydrogen-bond acceptors (Lipinski definition) is 3. The van der Waals surface area contributed by atoms with Gasteiger partial charge in [-0.2, -0.15) is 0 Å². The summed E-state index contributed by atoms with van der Waals surface area (Å²) in [6.45, 7) is 0.137. The lowest BCUT2D eigenvalue weighted by Crippen LogP contribution is -2.03. The summed E-state index contributed by atoms with van der Waals surface area (Å²) < 4.78 is 31.4. The largest absolute Gasteiger partial charge is 0.507 e. The van der Waals surface area contributed by atoms with Crippen LogP contribution in [0.25, 0.3) is 0 Å². The molecular formula is C14H12ClF2NO2. The number of halogens is 3. The minimum absolute atomic E-state index is 0.00972. The number of nitrogens with one attached hydrogen (secondary N) is 1. The first kappa shape index (κ1) is 14.4. The van der Waals surface area contributed by atoms with Crippen molar-refractivity contribution >= 4 is 17.3 Å². The molecule has 0 saturated carbocycles. The third kappa shape index (κ3) is 3.11. The van der Waals surface area contributed by atoms with Gasteiger partial charge in [-0.3, -0.25) is 0 Å². The first-order chi connectivity index (χ1) is 9.51. The highest BCUT2D eigenvalue weighted by molar-refractivity contribution is 6.33. The molecule has 0 amide bonds. The molecule has 0 bridgehead atoms. The summed E-state index contributed by atoms with van der Waals surface area (Å²) in [5, 5.41) is 12.4. The molecule has 0 radical (unpaired) electrons. The fourth-order valence-electron chi connectivity index (χ4n) is 1.71. The van der Waals surface area contributed by atoms with Gasteiger partial charge in [0.25, 0.3) is 0 Å². The Balaban J connectivity index is 2.17. The van der Waals surface area contributed by atoms with E-state index in [4.69, 9.17) is 16.3 Å². The van der Waals surface area contributed by atoms with Gasteiger partial charge in [0.2, 0.25) is 0 Å². The Morgan fingerprint density at radius 1 is 1.25 bits per heavy atom. The molecule has 2 aromatic carbocycles.